The summed E-state index contributed by atoms with van der Waals surface area (Å²) >= 11 is 5.92. The normalized spacial score (nSPS) is 17.0. The van der Waals surface area contributed by atoms with Crippen LogP contribution < -0.4 is 20.7 Å². The number of halogens is 1. The maximum Gasteiger partial charge on any atom is 0.319 e. The number of piperidine rings is 1. The number of nitrogens with one attached hydrogen (secondary N) is 3. The van der Waals surface area contributed by atoms with Crippen molar-refractivity contribution in [1.29, 1.82) is 0 Å². The minimum absolute atomic E-state index is 0.0702. The molecule has 2 heterocycles. The molecule has 13 heteroatoms. The highest BCUT2D eigenvalue weighted by Crippen LogP contribution is 2.35. The van der Waals surface area contributed by atoms with Gasteiger partial charge in [0, 0.05) is 25.1 Å². The Balaban J connectivity index is 1.40. The molecule has 1 unspecified atom stereocenters. The Hall–Kier alpha value is -4.19. The molecule has 2 aliphatic rings. The molecule has 3 N–H and O–H groups in total. The monoisotopic (exact) mass is 501 g/mol. The number of amides is 5. The third-order valence-electron chi connectivity index (χ3n) is 5.75. The topological polar surface area (TPSA) is 160 Å². The van der Waals surface area contributed by atoms with Crippen molar-refractivity contribution in [2.24, 2.45) is 0 Å². The van der Waals surface area contributed by atoms with E-state index in [9.17, 15) is 29.3 Å². The smallest absolute Gasteiger partial charge is 0.319 e. The van der Waals surface area contributed by atoms with Crippen LogP contribution in [0.3, 0.4) is 0 Å². The Morgan fingerprint density at radius 2 is 2.06 bits per heavy atom. The Kier molecular flexibility index (Phi) is 6.56. The second-order valence-corrected chi connectivity index (χ2v) is 8.37. The lowest BCUT2D eigenvalue weighted by Gasteiger charge is -2.29. The molecule has 35 heavy (non-hydrogen) atoms. The molecule has 0 bridgehead atoms. The Morgan fingerprint density at radius 3 is 2.74 bits per heavy atom. The van der Waals surface area contributed by atoms with E-state index < -0.39 is 22.9 Å². The highest BCUT2D eigenvalue weighted by atomic mass is 35.5. The molecule has 1 saturated heterocycles. The zero-order chi connectivity index (χ0) is 25.3. The van der Waals surface area contributed by atoms with Gasteiger partial charge in [-0.25, -0.2) is 4.79 Å². The number of hydrogen-bond donors (Lipinski definition) is 3. The molecule has 2 aromatic carbocycles. The van der Waals surface area contributed by atoms with Crippen molar-refractivity contribution in [3.05, 3.63) is 62.2 Å². The highest BCUT2D eigenvalue weighted by molar-refractivity contribution is 6.33. The lowest BCUT2D eigenvalue weighted by atomic mass is 10.0. The fourth-order valence-electron chi connectivity index (χ4n) is 4.04. The number of nitro groups is 1. The third kappa shape index (κ3) is 4.87. The minimum Gasteiger partial charge on any atom is -0.494 e. The molecule has 0 saturated carbocycles. The first-order valence-electron chi connectivity index (χ1n) is 10.5. The van der Waals surface area contributed by atoms with E-state index in [2.05, 4.69) is 16.0 Å². The van der Waals surface area contributed by atoms with Crippen LogP contribution in [0.25, 0.3) is 0 Å². The maximum absolute atomic E-state index is 12.8. The van der Waals surface area contributed by atoms with Crippen LogP contribution in [-0.4, -0.2) is 46.7 Å². The van der Waals surface area contributed by atoms with E-state index >= 15 is 0 Å². The summed E-state index contributed by atoms with van der Waals surface area (Å²) < 4.78 is 5.10. The third-order valence-corrected chi connectivity index (χ3v) is 6.06. The van der Waals surface area contributed by atoms with E-state index in [1.54, 1.807) is 18.2 Å². The first kappa shape index (κ1) is 24.0. The summed E-state index contributed by atoms with van der Waals surface area (Å²) in [4.78, 5) is 60.6. The van der Waals surface area contributed by atoms with E-state index in [4.69, 9.17) is 16.3 Å². The van der Waals surface area contributed by atoms with Crippen LogP contribution in [-0.2, 0) is 22.7 Å². The lowest BCUT2D eigenvalue weighted by Crippen LogP contribution is -2.52. The standard InChI is InChI=1S/C22H20ClN5O7/c1-35-18-8-17(28(33)34)14(23)7-15(18)25-22(32)24-9-11-2-3-13-12(6-11)10-27(21(13)31)16-4-5-19(29)26-20(16)30/h2-3,6-8,16H,4-5,9-10H2,1H3,(H2,24,25,32)(H,26,29,30). The van der Waals surface area contributed by atoms with E-state index in [1.165, 1.54) is 18.1 Å². The molecule has 1 fully saturated rings. The lowest BCUT2D eigenvalue weighted by molar-refractivity contribution is -0.384. The molecule has 4 rings (SSSR count). The number of carbonyl (C=O) groups is 4. The van der Waals surface area contributed by atoms with Gasteiger partial charge in [0.05, 0.1) is 23.8 Å². The van der Waals surface area contributed by atoms with Crippen LogP contribution in [0, 0.1) is 10.1 Å². The van der Waals surface area contributed by atoms with E-state index in [-0.39, 0.29) is 59.9 Å². The second-order valence-electron chi connectivity index (χ2n) is 7.96. The fraction of sp³-hybridized carbons (Fsp3) is 0.273. The predicted octanol–water partition coefficient (Wildman–Crippen LogP) is 2.34. The summed E-state index contributed by atoms with van der Waals surface area (Å²) in [6.07, 6.45) is 0.445. The van der Waals surface area contributed by atoms with Gasteiger partial charge in [0.1, 0.15) is 16.8 Å². The summed E-state index contributed by atoms with van der Waals surface area (Å²) in [5.74, 6) is -1.05. The van der Waals surface area contributed by atoms with Gasteiger partial charge in [0.15, 0.2) is 0 Å². The molecule has 182 valence electrons. The van der Waals surface area contributed by atoms with Crippen molar-refractivity contribution in [2.75, 3.05) is 12.4 Å². The molecular formula is C22H20ClN5O7. The number of rotatable bonds is 6. The Bertz CT molecular complexity index is 1260. The average molecular weight is 502 g/mol. The summed E-state index contributed by atoms with van der Waals surface area (Å²) in [6, 6.07) is 6.12. The van der Waals surface area contributed by atoms with Gasteiger partial charge in [-0.05, 0) is 29.7 Å². The quantitative estimate of drug-likeness (QED) is 0.311. The first-order valence-corrected chi connectivity index (χ1v) is 10.9. The number of hydrogen-bond acceptors (Lipinski definition) is 7. The molecule has 2 aromatic rings. The van der Waals surface area contributed by atoms with Crippen LogP contribution in [0.4, 0.5) is 16.2 Å². The molecule has 5 amide bonds. The molecule has 0 aliphatic carbocycles. The summed E-state index contributed by atoms with van der Waals surface area (Å²) in [7, 11) is 1.31. The molecule has 1 atom stereocenters. The van der Waals surface area contributed by atoms with Crippen molar-refractivity contribution >= 4 is 46.7 Å². The number of carbonyl (C=O) groups excluding carboxylic acids is 4. The number of imide groups is 1. The first-order chi connectivity index (χ1) is 16.7. The molecule has 12 nitrogen and oxygen atoms in total. The van der Waals surface area contributed by atoms with Crippen LogP contribution in [0.2, 0.25) is 5.02 Å². The minimum atomic E-state index is -0.705. The number of nitrogens with zero attached hydrogens (tertiary/aromatic N) is 2. The van der Waals surface area contributed by atoms with Crippen LogP contribution in [0.5, 0.6) is 5.75 Å². The fourth-order valence-corrected chi connectivity index (χ4v) is 4.27. The van der Waals surface area contributed by atoms with Gasteiger partial charge in [0.2, 0.25) is 11.8 Å². The van der Waals surface area contributed by atoms with Gasteiger partial charge in [0.25, 0.3) is 11.6 Å². The van der Waals surface area contributed by atoms with Gasteiger partial charge in [-0.3, -0.25) is 29.8 Å². The summed E-state index contributed by atoms with van der Waals surface area (Å²) in [6.45, 7) is 0.341. The Morgan fingerprint density at radius 1 is 1.29 bits per heavy atom. The van der Waals surface area contributed by atoms with Crippen molar-refractivity contribution in [2.45, 2.75) is 32.0 Å². The number of ether oxygens (including phenoxy) is 1. The van der Waals surface area contributed by atoms with Crippen LogP contribution >= 0.6 is 11.6 Å². The summed E-state index contributed by atoms with van der Waals surface area (Å²) in [5.41, 5.74) is 1.69. The molecule has 0 radical (unpaired) electrons. The van der Waals surface area contributed by atoms with Crippen molar-refractivity contribution in [1.82, 2.24) is 15.5 Å². The molecule has 0 aromatic heterocycles. The average Bonchev–Trinajstić information content (AvgIpc) is 3.13. The maximum atomic E-state index is 12.8. The number of methoxy groups -OCH3 is 1. The Labute approximate surface area is 203 Å². The van der Waals surface area contributed by atoms with Crippen molar-refractivity contribution in [3.63, 3.8) is 0 Å². The SMILES string of the molecule is COc1cc([N+](=O)[O-])c(Cl)cc1NC(=O)NCc1ccc2c(c1)CN(C1CCC(=O)NC1=O)C2=O. The molecule has 2 aliphatic heterocycles. The number of nitro benzene ring substituents is 1. The number of anilines is 1. The van der Waals surface area contributed by atoms with E-state index in [1.807, 2.05) is 0 Å². The zero-order valence-electron chi connectivity index (χ0n) is 18.4. The zero-order valence-corrected chi connectivity index (χ0v) is 19.2. The predicted molar refractivity (Wildman–Crippen MR) is 123 cm³/mol. The largest absolute Gasteiger partial charge is 0.494 e. The van der Waals surface area contributed by atoms with Gasteiger partial charge < -0.3 is 20.3 Å². The second kappa shape index (κ2) is 9.58. The molecule has 0 spiro atoms. The van der Waals surface area contributed by atoms with Gasteiger partial charge in [-0.2, -0.15) is 0 Å². The van der Waals surface area contributed by atoms with Gasteiger partial charge in [-0.1, -0.05) is 23.7 Å². The number of benzene rings is 2. The highest BCUT2D eigenvalue weighted by Gasteiger charge is 2.39. The summed E-state index contributed by atoms with van der Waals surface area (Å²) in [5, 5.41) is 18.3. The van der Waals surface area contributed by atoms with Crippen molar-refractivity contribution in [3.8, 4) is 5.75 Å². The van der Waals surface area contributed by atoms with Crippen molar-refractivity contribution < 1.29 is 28.8 Å². The van der Waals surface area contributed by atoms with E-state index in [0.29, 0.717) is 16.7 Å². The van der Waals surface area contributed by atoms with Crippen LogP contribution in [0.15, 0.2) is 30.3 Å². The number of fused-ring (bicyclic) bond motifs is 1. The van der Waals surface area contributed by atoms with E-state index in [0.717, 1.165) is 6.07 Å². The van der Waals surface area contributed by atoms with Gasteiger partial charge >= 0.3 is 6.03 Å². The molecular weight excluding hydrogens is 482 g/mol. The number of urea groups is 1. The van der Waals surface area contributed by atoms with Crippen LogP contribution in [0.1, 0.15) is 34.3 Å². The van der Waals surface area contributed by atoms with Gasteiger partial charge in [-0.15, -0.1) is 0 Å².